The van der Waals surface area contributed by atoms with E-state index in [4.69, 9.17) is 0 Å². The quantitative estimate of drug-likeness (QED) is 0.480. The highest BCUT2D eigenvalue weighted by atomic mass is 19.4. The Balaban J connectivity index is 2.53. The first-order valence-corrected chi connectivity index (χ1v) is 5.86. The summed E-state index contributed by atoms with van der Waals surface area (Å²) in [6.45, 7) is -0.603. The van der Waals surface area contributed by atoms with Gasteiger partial charge in [-0.15, -0.1) is 0 Å². The highest BCUT2D eigenvalue weighted by Gasteiger charge is 2.35. The lowest BCUT2D eigenvalue weighted by atomic mass is 10.1. The maximum absolute atomic E-state index is 12.7. The highest BCUT2D eigenvalue weighted by Crippen LogP contribution is 2.31. The summed E-state index contributed by atoms with van der Waals surface area (Å²) in [7, 11) is 1.17. The third-order valence-corrected chi connectivity index (χ3v) is 2.28. The van der Waals surface area contributed by atoms with Crippen LogP contribution in [0.25, 0.3) is 0 Å². The van der Waals surface area contributed by atoms with Gasteiger partial charge < -0.3 is 14.9 Å². The Kier molecular flexibility index (Phi) is 6.29. The number of oxime groups is 1. The smallest absolute Gasteiger partial charge is 0.417 e. The maximum Gasteiger partial charge on any atom is 0.417 e. The summed E-state index contributed by atoms with van der Waals surface area (Å²) in [6.07, 6.45) is -1.82. The molecule has 0 saturated heterocycles. The van der Waals surface area contributed by atoms with Crippen LogP contribution in [0, 0.1) is 0 Å². The normalized spacial score (nSPS) is 11.3. The lowest BCUT2D eigenvalue weighted by molar-refractivity contribution is -0.145. The Labute approximate surface area is 123 Å². The molecule has 0 saturated carbocycles. The van der Waals surface area contributed by atoms with Crippen molar-refractivity contribution < 1.29 is 32.3 Å². The number of esters is 1. The van der Waals surface area contributed by atoms with Crippen LogP contribution >= 0.6 is 0 Å². The summed E-state index contributed by atoms with van der Waals surface area (Å²) in [5, 5.41) is 5.51. The number of ether oxygens (including phenoxy) is 1. The number of halogens is 3. The van der Waals surface area contributed by atoms with Gasteiger partial charge in [0.2, 0.25) is 6.61 Å². The van der Waals surface area contributed by atoms with Crippen molar-refractivity contribution in [1.29, 1.82) is 0 Å². The number of pyridine rings is 1. The number of amides is 1. The number of carbonyl (C=O) groups is 2. The first-order chi connectivity index (χ1) is 10.4. The van der Waals surface area contributed by atoms with Gasteiger partial charge in [-0.2, -0.15) is 13.2 Å². The second-order valence-corrected chi connectivity index (χ2v) is 3.77. The molecule has 7 nitrogen and oxygen atoms in total. The van der Waals surface area contributed by atoms with Crippen molar-refractivity contribution in [1.82, 2.24) is 10.3 Å². The van der Waals surface area contributed by atoms with Crippen molar-refractivity contribution in [2.24, 2.45) is 5.16 Å². The molecule has 22 heavy (non-hydrogen) atoms. The van der Waals surface area contributed by atoms with E-state index in [0.29, 0.717) is 6.07 Å². The average Bonchev–Trinajstić information content (AvgIpc) is 2.49. The first-order valence-electron chi connectivity index (χ1n) is 5.86. The molecule has 0 unspecified atom stereocenters. The molecule has 1 amide bonds. The highest BCUT2D eigenvalue weighted by molar-refractivity contribution is 5.96. The van der Waals surface area contributed by atoms with Gasteiger partial charge in [-0.25, -0.2) is 4.79 Å². The molecule has 0 spiro atoms. The fourth-order valence-electron chi connectivity index (χ4n) is 1.30. The van der Waals surface area contributed by atoms with Crippen molar-refractivity contribution in [3.63, 3.8) is 0 Å². The molecule has 120 valence electrons. The van der Waals surface area contributed by atoms with Crippen LogP contribution in [0.5, 0.6) is 0 Å². The van der Waals surface area contributed by atoms with E-state index in [0.717, 1.165) is 18.6 Å². The molecular weight excluding hydrogens is 307 g/mol. The Hall–Kier alpha value is -2.65. The van der Waals surface area contributed by atoms with Gasteiger partial charge in [0, 0.05) is 12.4 Å². The topological polar surface area (TPSA) is 89.9 Å². The zero-order valence-corrected chi connectivity index (χ0v) is 11.4. The minimum Gasteiger partial charge on any atom is -0.466 e. The number of nitrogens with one attached hydrogen (secondary N) is 1. The predicted molar refractivity (Wildman–Crippen MR) is 68.0 cm³/mol. The average molecular weight is 319 g/mol. The minimum absolute atomic E-state index is 0.188. The number of rotatable bonds is 6. The van der Waals surface area contributed by atoms with Gasteiger partial charge in [-0.3, -0.25) is 9.78 Å². The molecule has 10 heteroatoms. The molecule has 0 fully saturated rings. The third-order valence-electron chi connectivity index (χ3n) is 2.28. The Morgan fingerprint density at radius 2 is 2.18 bits per heavy atom. The molecule has 0 bridgehead atoms. The fraction of sp³-hybridized carbons (Fsp3) is 0.333. The Bertz CT molecular complexity index is 561. The summed E-state index contributed by atoms with van der Waals surface area (Å²) in [5.41, 5.74) is -1.68. The van der Waals surface area contributed by atoms with E-state index >= 15 is 0 Å². The van der Waals surface area contributed by atoms with E-state index < -0.39 is 35.8 Å². The summed E-state index contributed by atoms with van der Waals surface area (Å²) in [5.74, 6) is -1.61. The van der Waals surface area contributed by atoms with Crippen LogP contribution < -0.4 is 5.32 Å². The fourth-order valence-corrected chi connectivity index (χ4v) is 1.30. The number of carbonyl (C=O) groups excluding carboxylic acids is 2. The molecular formula is C12H12F3N3O4. The SMILES string of the molecule is COC(=O)CON=CCNC(=O)c1cnccc1C(F)(F)F. The van der Waals surface area contributed by atoms with Gasteiger partial charge in [0.05, 0.1) is 31.0 Å². The van der Waals surface area contributed by atoms with Crippen LogP contribution in [0.15, 0.2) is 23.6 Å². The van der Waals surface area contributed by atoms with Gasteiger partial charge in [0.25, 0.3) is 5.91 Å². The summed E-state index contributed by atoms with van der Waals surface area (Å²) in [4.78, 5) is 30.3. The van der Waals surface area contributed by atoms with Crippen molar-refractivity contribution in [3.8, 4) is 0 Å². The van der Waals surface area contributed by atoms with Crippen molar-refractivity contribution >= 4 is 18.1 Å². The van der Waals surface area contributed by atoms with Gasteiger partial charge in [-0.1, -0.05) is 5.16 Å². The first kappa shape index (κ1) is 17.4. The molecule has 1 N–H and O–H groups in total. The lowest BCUT2D eigenvalue weighted by Crippen LogP contribution is -2.28. The molecule has 0 aliphatic carbocycles. The van der Waals surface area contributed by atoms with Crippen molar-refractivity contribution in [2.45, 2.75) is 6.18 Å². The number of aromatic nitrogens is 1. The molecule has 0 aliphatic rings. The summed E-state index contributed by atoms with van der Waals surface area (Å²) >= 11 is 0. The minimum atomic E-state index is -4.66. The predicted octanol–water partition coefficient (Wildman–Crippen LogP) is 1.01. The van der Waals surface area contributed by atoms with E-state index in [1.807, 2.05) is 0 Å². The van der Waals surface area contributed by atoms with Gasteiger partial charge in [-0.05, 0) is 6.07 Å². The summed E-state index contributed by atoms with van der Waals surface area (Å²) in [6, 6.07) is 0.711. The Morgan fingerprint density at radius 3 is 2.82 bits per heavy atom. The number of methoxy groups -OCH3 is 1. The van der Waals surface area contributed by atoms with Crippen LogP contribution in [0.4, 0.5) is 13.2 Å². The van der Waals surface area contributed by atoms with E-state index in [2.05, 4.69) is 25.0 Å². The lowest BCUT2D eigenvalue weighted by Gasteiger charge is -2.11. The molecule has 1 rings (SSSR count). The Morgan fingerprint density at radius 1 is 1.45 bits per heavy atom. The third kappa shape index (κ3) is 5.38. The number of alkyl halides is 3. The summed E-state index contributed by atoms with van der Waals surface area (Å²) < 4.78 is 42.4. The molecule has 1 aromatic rings. The van der Waals surface area contributed by atoms with Crippen molar-refractivity contribution in [3.05, 3.63) is 29.6 Å². The van der Waals surface area contributed by atoms with Crippen LogP contribution in [0.2, 0.25) is 0 Å². The second kappa shape index (κ2) is 7.96. The molecule has 1 aromatic heterocycles. The van der Waals surface area contributed by atoms with Crippen LogP contribution in [-0.4, -0.2) is 43.3 Å². The van der Waals surface area contributed by atoms with E-state index in [1.165, 1.54) is 7.11 Å². The molecule has 0 aliphatic heterocycles. The van der Waals surface area contributed by atoms with Crippen LogP contribution in [0.1, 0.15) is 15.9 Å². The zero-order valence-electron chi connectivity index (χ0n) is 11.4. The molecule has 0 aromatic carbocycles. The molecule has 1 heterocycles. The van der Waals surface area contributed by atoms with Crippen LogP contribution in [-0.2, 0) is 20.5 Å². The van der Waals surface area contributed by atoms with E-state index in [9.17, 15) is 22.8 Å². The second-order valence-electron chi connectivity index (χ2n) is 3.77. The van der Waals surface area contributed by atoms with Gasteiger partial charge >= 0.3 is 12.1 Å². The number of hydrogen-bond acceptors (Lipinski definition) is 6. The number of hydrogen-bond donors (Lipinski definition) is 1. The van der Waals surface area contributed by atoms with Gasteiger partial charge in [0.15, 0.2) is 0 Å². The standard InChI is InChI=1S/C12H12F3N3O4/c1-21-10(19)7-22-18-5-4-17-11(20)8-6-16-3-2-9(8)12(13,14)15/h2-3,5-6H,4,7H2,1H3,(H,17,20). The largest absolute Gasteiger partial charge is 0.466 e. The van der Waals surface area contributed by atoms with E-state index in [-0.39, 0.29) is 6.54 Å². The zero-order chi connectivity index (χ0) is 16.6. The van der Waals surface area contributed by atoms with Gasteiger partial charge in [0.1, 0.15) is 0 Å². The van der Waals surface area contributed by atoms with Crippen molar-refractivity contribution in [2.75, 3.05) is 20.3 Å². The van der Waals surface area contributed by atoms with Crippen LogP contribution in [0.3, 0.4) is 0 Å². The number of nitrogens with zero attached hydrogens (tertiary/aromatic N) is 2. The molecule has 0 atom stereocenters. The molecule has 0 radical (unpaired) electrons. The maximum atomic E-state index is 12.7. The van der Waals surface area contributed by atoms with E-state index in [1.54, 1.807) is 0 Å². The monoisotopic (exact) mass is 319 g/mol.